The Labute approximate surface area is 102 Å². The summed E-state index contributed by atoms with van der Waals surface area (Å²) in [5.41, 5.74) is 3.09. The van der Waals surface area contributed by atoms with Gasteiger partial charge in [0, 0.05) is 18.2 Å². The molecule has 3 rings (SSSR count). The lowest BCUT2D eigenvalue weighted by Crippen LogP contribution is -2.33. The second-order valence-electron chi connectivity index (χ2n) is 4.99. The average molecular weight is 227 g/mol. The van der Waals surface area contributed by atoms with E-state index < -0.39 is 0 Å². The summed E-state index contributed by atoms with van der Waals surface area (Å²) in [5.74, 6) is 0.218. The van der Waals surface area contributed by atoms with Crippen molar-refractivity contribution in [3.05, 3.63) is 41.5 Å². The molecule has 0 bridgehead atoms. The highest BCUT2D eigenvalue weighted by atomic mass is 16.2. The molecule has 0 saturated heterocycles. The van der Waals surface area contributed by atoms with Crippen LogP contribution in [0.4, 0.5) is 0 Å². The number of benzene rings is 1. The fourth-order valence-electron chi connectivity index (χ4n) is 2.98. The molecule has 1 aromatic carbocycles. The summed E-state index contributed by atoms with van der Waals surface area (Å²) in [4.78, 5) is 14.4. The van der Waals surface area contributed by atoms with E-state index in [4.69, 9.17) is 0 Å². The van der Waals surface area contributed by atoms with Crippen LogP contribution in [0.1, 0.15) is 47.2 Å². The van der Waals surface area contributed by atoms with Gasteiger partial charge in [0.25, 0.3) is 5.91 Å². The topological polar surface area (TPSA) is 20.3 Å². The van der Waals surface area contributed by atoms with Crippen LogP contribution in [0.5, 0.6) is 0 Å². The molecule has 1 fully saturated rings. The number of amides is 1. The molecule has 1 aliphatic carbocycles. The number of hydrogen-bond acceptors (Lipinski definition) is 1. The number of fused-ring (bicyclic) bond motifs is 1. The third-order valence-corrected chi connectivity index (χ3v) is 3.97. The van der Waals surface area contributed by atoms with Gasteiger partial charge in [-0.1, -0.05) is 37.6 Å². The molecule has 1 heterocycles. The Balaban J connectivity index is 1.91. The Morgan fingerprint density at radius 1 is 1.29 bits per heavy atom. The summed E-state index contributed by atoms with van der Waals surface area (Å²) in [5, 5.41) is 0. The van der Waals surface area contributed by atoms with Gasteiger partial charge in [-0.25, -0.2) is 0 Å². The Kier molecular flexibility index (Phi) is 2.50. The minimum absolute atomic E-state index is 0.218. The van der Waals surface area contributed by atoms with Crippen LogP contribution in [0, 0.1) is 0 Å². The first-order chi connectivity index (χ1) is 8.29. The monoisotopic (exact) mass is 227 g/mol. The van der Waals surface area contributed by atoms with E-state index in [1.165, 1.54) is 31.2 Å². The standard InChI is InChI=1S/C15H17NO/c1-2-11-7-8-12-10-16(13-5-3-4-6-13)15(17)14(12)9-11/h2,7-9,13H,1,3-6,10H2. The Morgan fingerprint density at radius 2 is 2.06 bits per heavy atom. The van der Waals surface area contributed by atoms with Crippen molar-refractivity contribution >= 4 is 12.0 Å². The van der Waals surface area contributed by atoms with Gasteiger partial charge in [-0.15, -0.1) is 0 Å². The zero-order chi connectivity index (χ0) is 11.8. The molecule has 1 aromatic rings. The first-order valence-corrected chi connectivity index (χ1v) is 6.36. The van der Waals surface area contributed by atoms with Crippen LogP contribution >= 0.6 is 0 Å². The molecule has 2 aliphatic rings. The Morgan fingerprint density at radius 3 is 2.76 bits per heavy atom. The smallest absolute Gasteiger partial charge is 0.254 e. The predicted octanol–water partition coefficient (Wildman–Crippen LogP) is 3.23. The minimum Gasteiger partial charge on any atom is -0.331 e. The molecular weight excluding hydrogens is 210 g/mol. The van der Waals surface area contributed by atoms with Gasteiger partial charge < -0.3 is 4.90 Å². The predicted molar refractivity (Wildman–Crippen MR) is 68.7 cm³/mol. The van der Waals surface area contributed by atoms with Crippen LogP contribution in [0.15, 0.2) is 24.8 Å². The van der Waals surface area contributed by atoms with E-state index in [1.54, 1.807) is 6.08 Å². The van der Waals surface area contributed by atoms with E-state index in [0.29, 0.717) is 6.04 Å². The molecule has 2 heteroatoms. The molecule has 0 atom stereocenters. The van der Waals surface area contributed by atoms with E-state index in [0.717, 1.165) is 17.7 Å². The Bertz CT molecular complexity index is 472. The second kappa shape index (κ2) is 4.02. The van der Waals surface area contributed by atoms with E-state index in [9.17, 15) is 4.79 Å². The van der Waals surface area contributed by atoms with E-state index in [-0.39, 0.29) is 5.91 Å². The number of rotatable bonds is 2. The molecule has 1 saturated carbocycles. The maximum atomic E-state index is 12.3. The number of carbonyl (C=O) groups is 1. The summed E-state index contributed by atoms with van der Waals surface area (Å²) < 4.78 is 0. The first-order valence-electron chi connectivity index (χ1n) is 6.36. The zero-order valence-corrected chi connectivity index (χ0v) is 9.98. The molecule has 88 valence electrons. The summed E-state index contributed by atoms with van der Waals surface area (Å²) in [6, 6.07) is 6.55. The van der Waals surface area contributed by atoms with Gasteiger partial charge in [-0.2, -0.15) is 0 Å². The first kappa shape index (κ1) is 10.6. The van der Waals surface area contributed by atoms with Crippen LogP contribution in [-0.4, -0.2) is 16.8 Å². The number of nitrogens with zero attached hydrogens (tertiary/aromatic N) is 1. The van der Waals surface area contributed by atoms with Crippen molar-refractivity contribution in [1.82, 2.24) is 4.90 Å². The van der Waals surface area contributed by atoms with Gasteiger partial charge >= 0.3 is 0 Å². The van der Waals surface area contributed by atoms with E-state index in [1.807, 2.05) is 12.1 Å². The molecule has 17 heavy (non-hydrogen) atoms. The maximum Gasteiger partial charge on any atom is 0.254 e. The van der Waals surface area contributed by atoms with Crippen molar-refractivity contribution in [1.29, 1.82) is 0 Å². The highest BCUT2D eigenvalue weighted by molar-refractivity contribution is 5.99. The lowest BCUT2D eigenvalue weighted by atomic mass is 10.1. The molecule has 0 spiro atoms. The van der Waals surface area contributed by atoms with E-state index >= 15 is 0 Å². The average Bonchev–Trinajstić information content (AvgIpc) is 2.97. The van der Waals surface area contributed by atoms with Crippen molar-refractivity contribution in [3.63, 3.8) is 0 Å². The van der Waals surface area contributed by atoms with Crippen molar-refractivity contribution in [3.8, 4) is 0 Å². The number of hydrogen-bond donors (Lipinski definition) is 0. The lowest BCUT2D eigenvalue weighted by molar-refractivity contribution is 0.0707. The van der Waals surface area contributed by atoms with Crippen LogP contribution in [0.3, 0.4) is 0 Å². The van der Waals surface area contributed by atoms with Crippen LogP contribution < -0.4 is 0 Å². The van der Waals surface area contributed by atoms with Gasteiger partial charge in [0.2, 0.25) is 0 Å². The highest BCUT2D eigenvalue weighted by Gasteiger charge is 2.33. The fraction of sp³-hybridized carbons (Fsp3) is 0.400. The van der Waals surface area contributed by atoms with Crippen LogP contribution in [-0.2, 0) is 6.54 Å². The van der Waals surface area contributed by atoms with Gasteiger partial charge in [-0.3, -0.25) is 4.79 Å². The second-order valence-corrected chi connectivity index (χ2v) is 4.99. The molecule has 1 amide bonds. The maximum absolute atomic E-state index is 12.3. The normalized spacial score (nSPS) is 19.8. The van der Waals surface area contributed by atoms with Crippen molar-refractivity contribution in [2.75, 3.05) is 0 Å². The quantitative estimate of drug-likeness (QED) is 0.759. The molecule has 0 N–H and O–H groups in total. The third kappa shape index (κ3) is 1.68. The molecule has 2 nitrogen and oxygen atoms in total. The molecule has 0 radical (unpaired) electrons. The zero-order valence-electron chi connectivity index (χ0n) is 9.98. The Hall–Kier alpha value is -1.57. The van der Waals surface area contributed by atoms with Gasteiger partial charge in [0.05, 0.1) is 0 Å². The summed E-state index contributed by atoms with van der Waals surface area (Å²) >= 11 is 0. The van der Waals surface area contributed by atoms with E-state index in [2.05, 4.69) is 17.5 Å². The van der Waals surface area contributed by atoms with Crippen molar-refractivity contribution < 1.29 is 4.79 Å². The number of carbonyl (C=O) groups excluding carboxylic acids is 1. The lowest BCUT2D eigenvalue weighted by Gasteiger charge is -2.23. The summed E-state index contributed by atoms with van der Waals surface area (Å²) in [6.07, 6.45) is 6.68. The van der Waals surface area contributed by atoms with Crippen molar-refractivity contribution in [2.24, 2.45) is 0 Å². The highest BCUT2D eigenvalue weighted by Crippen LogP contribution is 2.32. The minimum atomic E-state index is 0.218. The largest absolute Gasteiger partial charge is 0.331 e. The van der Waals surface area contributed by atoms with Crippen LogP contribution in [0.25, 0.3) is 6.08 Å². The van der Waals surface area contributed by atoms with Gasteiger partial charge in [0.15, 0.2) is 0 Å². The van der Waals surface area contributed by atoms with Crippen molar-refractivity contribution in [2.45, 2.75) is 38.3 Å². The fourth-order valence-corrected chi connectivity index (χ4v) is 2.98. The van der Waals surface area contributed by atoms with Crippen LogP contribution in [0.2, 0.25) is 0 Å². The van der Waals surface area contributed by atoms with Gasteiger partial charge in [0.1, 0.15) is 0 Å². The molecular formula is C15H17NO. The molecule has 1 aliphatic heterocycles. The molecule has 0 aromatic heterocycles. The molecule has 0 unspecified atom stereocenters. The third-order valence-electron chi connectivity index (χ3n) is 3.97. The van der Waals surface area contributed by atoms with Gasteiger partial charge in [-0.05, 0) is 30.0 Å². The SMILES string of the molecule is C=Cc1ccc2c(c1)C(=O)N(C1CCCC1)C2. The summed E-state index contributed by atoms with van der Waals surface area (Å²) in [7, 11) is 0. The summed E-state index contributed by atoms with van der Waals surface area (Å²) in [6.45, 7) is 4.55.